The molecule has 1 N–H and O–H groups in total. The highest BCUT2D eigenvalue weighted by molar-refractivity contribution is 7.17. The Labute approximate surface area is 115 Å². The van der Waals surface area contributed by atoms with Crippen LogP contribution in [0.15, 0.2) is 34.8 Å². The quantitative estimate of drug-likeness (QED) is 0.690. The zero-order valence-electron chi connectivity index (χ0n) is 11.0. The van der Waals surface area contributed by atoms with Crippen molar-refractivity contribution < 1.29 is 14.7 Å². The summed E-state index contributed by atoms with van der Waals surface area (Å²) in [5, 5.41) is 15.8. The second kappa shape index (κ2) is 5.01. The van der Waals surface area contributed by atoms with Crippen LogP contribution in [-0.4, -0.2) is 22.4 Å². The molecule has 1 aromatic heterocycles. The molecule has 100 valence electrons. The van der Waals surface area contributed by atoms with Crippen LogP contribution in [0.25, 0.3) is 10.1 Å². The van der Waals surface area contributed by atoms with Crippen LogP contribution in [0.2, 0.25) is 0 Å². The van der Waals surface area contributed by atoms with E-state index in [1.54, 1.807) is 5.38 Å². The molecule has 0 radical (unpaired) electrons. The van der Waals surface area contributed by atoms with E-state index >= 15 is 0 Å². The van der Waals surface area contributed by atoms with E-state index < -0.39 is 11.6 Å². The third-order valence-electron chi connectivity index (χ3n) is 2.35. The monoisotopic (exact) mass is 277 g/mol. The first kappa shape index (κ1) is 13.5. The Morgan fingerprint density at radius 1 is 1.32 bits per heavy atom. The molecule has 0 aliphatic rings. The molecule has 4 nitrogen and oxygen atoms in total. The molecule has 2 aromatic rings. The Hall–Kier alpha value is -1.88. The van der Waals surface area contributed by atoms with Gasteiger partial charge in [0.25, 0.3) is 0 Å². The average Bonchev–Trinajstić information content (AvgIpc) is 2.72. The number of carbonyl (C=O) groups is 1. The summed E-state index contributed by atoms with van der Waals surface area (Å²) in [6, 6.07) is 7.64. The molecule has 19 heavy (non-hydrogen) atoms. The van der Waals surface area contributed by atoms with Gasteiger partial charge in [0, 0.05) is 21.0 Å². The van der Waals surface area contributed by atoms with Crippen molar-refractivity contribution >= 4 is 33.1 Å². The molecule has 0 spiro atoms. The SMILES string of the molecule is CC(C)(C)ON=C(C(=O)O)c1csc2ccccc12. The molecule has 0 aliphatic heterocycles. The van der Waals surface area contributed by atoms with Crippen LogP contribution in [-0.2, 0) is 9.63 Å². The highest BCUT2D eigenvalue weighted by atomic mass is 32.1. The van der Waals surface area contributed by atoms with Crippen molar-refractivity contribution in [3.05, 3.63) is 35.2 Å². The molecule has 1 heterocycles. The van der Waals surface area contributed by atoms with Gasteiger partial charge in [-0.2, -0.15) is 0 Å². The van der Waals surface area contributed by atoms with Gasteiger partial charge in [0.2, 0.25) is 0 Å². The summed E-state index contributed by atoms with van der Waals surface area (Å²) in [5.74, 6) is -1.09. The fourth-order valence-electron chi connectivity index (χ4n) is 1.55. The molecule has 0 saturated carbocycles. The van der Waals surface area contributed by atoms with Crippen molar-refractivity contribution in [2.45, 2.75) is 26.4 Å². The zero-order valence-corrected chi connectivity index (χ0v) is 11.8. The number of aliphatic carboxylic acids is 1. The first-order chi connectivity index (χ1) is 8.88. The Morgan fingerprint density at radius 2 is 2.00 bits per heavy atom. The molecule has 0 amide bonds. The summed E-state index contributed by atoms with van der Waals surface area (Å²) >= 11 is 1.49. The molecule has 0 fully saturated rings. The normalized spacial score (nSPS) is 12.7. The number of rotatable bonds is 3. The van der Waals surface area contributed by atoms with Crippen LogP contribution in [0, 0.1) is 0 Å². The summed E-state index contributed by atoms with van der Waals surface area (Å²) < 4.78 is 1.03. The lowest BCUT2D eigenvalue weighted by atomic mass is 10.1. The van der Waals surface area contributed by atoms with E-state index in [4.69, 9.17) is 4.84 Å². The average molecular weight is 277 g/mol. The minimum atomic E-state index is -1.09. The van der Waals surface area contributed by atoms with E-state index in [2.05, 4.69) is 5.16 Å². The Bertz CT molecular complexity index is 637. The number of thiophene rings is 1. The predicted octanol–water partition coefficient (Wildman–Crippen LogP) is 3.51. The number of carboxylic acids is 1. The fourth-order valence-corrected chi connectivity index (χ4v) is 2.49. The van der Waals surface area contributed by atoms with Gasteiger partial charge in [-0.25, -0.2) is 4.79 Å². The second-order valence-corrected chi connectivity index (χ2v) is 6.01. The van der Waals surface area contributed by atoms with Crippen molar-refractivity contribution in [2.24, 2.45) is 5.16 Å². The summed E-state index contributed by atoms with van der Waals surface area (Å²) in [5.41, 5.74) is 0.0108. The third kappa shape index (κ3) is 3.12. The number of oxime groups is 1. The molecular formula is C14H15NO3S. The first-order valence-corrected chi connectivity index (χ1v) is 6.72. The predicted molar refractivity (Wildman–Crippen MR) is 76.8 cm³/mol. The van der Waals surface area contributed by atoms with Gasteiger partial charge < -0.3 is 9.94 Å². The maximum Gasteiger partial charge on any atom is 0.358 e. The lowest BCUT2D eigenvalue weighted by molar-refractivity contribution is -0.129. The number of carboxylic acid groups (broad SMARTS) is 1. The molecule has 5 heteroatoms. The van der Waals surface area contributed by atoms with Crippen LogP contribution in [0.1, 0.15) is 26.3 Å². The summed E-state index contributed by atoms with van der Waals surface area (Å²) in [6.45, 7) is 5.46. The fraction of sp³-hybridized carbons (Fsp3) is 0.286. The van der Waals surface area contributed by atoms with E-state index in [0.717, 1.165) is 10.1 Å². The van der Waals surface area contributed by atoms with Gasteiger partial charge >= 0.3 is 5.97 Å². The Balaban J connectivity index is 2.48. The maximum atomic E-state index is 11.4. The van der Waals surface area contributed by atoms with Gasteiger partial charge in [0.1, 0.15) is 5.60 Å². The van der Waals surface area contributed by atoms with Gasteiger partial charge in [-0.1, -0.05) is 23.4 Å². The number of hydrogen-bond donors (Lipinski definition) is 1. The number of nitrogens with zero attached hydrogens (tertiary/aromatic N) is 1. The third-order valence-corrected chi connectivity index (χ3v) is 3.31. The molecule has 0 saturated heterocycles. The topological polar surface area (TPSA) is 58.9 Å². The minimum Gasteiger partial charge on any atom is -0.476 e. The van der Waals surface area contributed by atoms with E-state index in [0.29, 0.717) is 5.56 Å². The Kier molecular flexibility index (Phi) is 3.57. The number of hydrogen-bond acceptors (Lipinski definition) is 4. The van der Waals surface area contributed by atoms with Gasteiger partial charge in [-0.15, -0.1) is 11.3 Å². The zero-order chi connectivity index (χ0) is 14.0. The van der Waals surface area contributed by atoms with Crippen LogP contribution in [0.4, 0.5) is 0 Å². The van der Waals surface area contributed by atoms with E-state index in [9.17, 15) is 9.90 Å². The molecule has 0 bridgehead atoms. The van der Waals surface area contributed by atoms with Crippen LogP contribution in [0.5, 0.6) is 0 Å². The van der Waals surface area contributed by atoms with E-state index in [-0.39, 0.29) is 5.71 Å². The van der Waals surface area contributed by atoms with Gasteiger partial charge in [-0.3, -0.25) is 0 Å². The molecular weight excluding hydrogens is 262 g/mol. The van der Waals surface area contributed by atoms with Crippen molar-refractivity contribution in [1.29, 1.82) is 0 Å². The van der Waals surface area contributed by atoms with Gasteiger partial charge in [0.15, 0.2) is 5.71 Å². The van der Waals surface area contributed by atoms with Crippen LogP contribution >= 0.6 is 11.3 Å². The first-order valence-electron chi connectivity index (χ1n) is 5.84. The maximum absolute atomic E-state index is 11.4. The molecule has 0 unspecified atom stereocenters. The smallest absolute Gasteiger partial charge is 0.358 e. The summed E-state index contributed by atoms with van der Waals surface area (Å²) in [6.07, 6.45) is 0. The van der Waals surface area contributed by atoms with Crippen molar-refractivity contribution in [3.63, 3.8) is 0 Å². The van der Waals surface area contributed by atoms with Gasteiger partial charge in [0.05, 0.1) is 0 Å². The number of fused-ring (bicyclic) bond motifs is 1. The molecule has 0 atom stereocenters. The van der Waals surface area contributed by atoms with Gasteiger partial charge in [-0.05, 0) is 26.8 Å². The van der Waals surface area contributed by atoms with Crippen molar-refractivity contribution in [1.82, 2.24) is 0 Å². The Morgan fingerprint density at radius 3 is 2.63 bits per heavy atom. The molecule has 1 aromatic carbocycles. The number of benzene rings is 1. The highest BCUT2D eigenvalue weighted by Crippen LogP contribution is 2.26. The second-order valence-electron chi connectivity index (χ2n) is 5.09. The van der Waals surface area contributed by atoms with Crippen molar-refractivity contribution in [2.75, 3.05) is 0 Å². The molecule has 0 aliphatic carbocycles. The highest BCUT2D eigenvalue weighted by Gasteiger charge is 2.20. The lowest BCUT2D eigenvalue weighted by Crippen LogP contribution is -2.20. The van der Waals surface area contributed by atoms with Crippen LogP contribution < -0.4 is 0 Å². The van der Waals surface area contributed by atoms with Crippen LogP contribution in [0.3, 0.4) is 0 Å². The summed E-state index contributed by atoms with van der Waals surface area (Å²) in [7, 11) is 0. The lowest BCUT2D eigenvalue weighted by Gasteiger charge is -2.15. The van der Waals surface area contributed by atoms with Crippen molar-refractivity contribution in [3.8, 4) is 0 Å². The molecule has 2 rings (SSSR count). The summed E-state index contributed by atoms with van der Waals surface area (Å²) in [4.78, 5) is 16.6. The van der Waals surface area contributed by atoms with E-state index in [1.807, 2.05) is 45.0 Å². The van der Waals surface area contributed by atoms with E-state index in [1.165, 1.54) is 11.3 Å². The minimum absolute atomic E-state index is 0.0626. The largest absolute Gasteiger partial charge is 0.476 e. The standard InChI is InChI=1S/C14H15NO3S/c1-14(2,3)18-15-12(13(16)17)10-8-19-11-7-5-4-6-9(10)11/h4-8H,1-3H3,(H,16,17).